The summed E-state index contributed by atoms with van der Waals surface area (Å²) in [6.45, 7) is 1.97. The Balaban J connectivity index is 2.09. The third-order valence-electron chi connectivity index (χ3n) is 3.78. The first kappa shape index (κ1) is 14.3. The molecule has 0 heterocycles. The van der Waals surface area contributed by atoms with Crippen LogP contribution in [-0.4, -0.2) is 23.5 Å². The van der Waals surface area contributed by atoms with Crippen molar-refractivity contribution in [1.82, 2.24) is 5.32 Å². The smallest absolute Gasteiger partial charge is 0.253 e. The normalized spacial score (nSPS) is 23.1. The van der Waals surface area contributed by atoms with Gasteiger partial charge in [0.2, 0.25) is 0 Å². The van der Waals surface area contributed by atoms with Crippen LogP contribution in [0, 0.1) is 6.92 Å². The van der Waals surface area contributed by atoms with Crippen LogP contribution < -0.4 is 11.1 Å². The molecule has 1 saturated carbocycles. The van der Waals surface area contributed by atoms with Crippen LogP contribution in [0.15, 0.2) is 18.2 Å². The minimum absolute atomic E-state index is 0.0350. The minimum atomic E-state index is -0.0350. The quantitative estimate of drug-likeness (QED) is 0.836. The number of nitrogens with one attached hydrogen (secondary N) is 1. The number of hydrogen-bond acceptors (Lipinski definition) is 3. The average molecular weight is 278 g/mol. The first-order valence-electron chi connectivity index (χ1n) is 6.81. The van der Waals surface area contributed by atoms with Gasteiger partial charge >= 0.3 is 0 Å². The van der Waals surface area contributed by atoms with Gasteiger partial charge in [0.15, 0.2) is 0 Å². The van der Waals surface area contributed by atoms with Crippen LogP contribution in [-0.2, 0) is 0 Å². The van der Waals surface area contributed by atoms with E-state index < -0.39 is 0 Å². The predicted octanol–water partition coefficient (Wildman–Crippen LogP) is 2.98. The lowest BCUT2D eigenvalue weighted by Crippen LogP contribution is -2.43. The molecule has 0 bridgehead atoms. The highest BCUT2D eigenvalue weighted by atomic mass is 32.2. The molecule has 0 aromatic heterocycles. The lowest BCUT2D eigenvalue weighted by molar-refractivity contribution is 0.0930. The van der Waals surface area contributed by atoms with Crippen LogP contribution in [0.3, 0.4) is 0 Å². The Morgan fingerprint density at radius 1 is 1.37 bits per heavy atom. The molecule has 19 heavy (non-hydrogen) atoms. The molecule has 0 radical (unpaired) electrons. The Bertz CT molecular complexity index is 461. The Hall–Kier alpha value is -1.16. The van der Waals surface area contributed by atoms with Crippen molar-refractivity contribution < 1.29 is 4.79 Å². The van der Waals surface area contributed by atoms with Crippen LogP contribution in [0.2, 0.25) is 0 Å². The van der Waals surface area contributed by atoms with Gasteiger partial charge in [-0.3, -0.25) is 4.79 Å². The number of rotatable bonds is 3. The molecule has 1 amide bonds. The van der Waals surface area contributed by atoms with E-state index in [2.05, 4.69) is 11.6 Å². The number of nitrogens with two attached hydrogens (primary N) is 1. The highest BCUT2D eigenvalue weighted by molar-refractivity contribution is 7.99. The Labute approximate surface area is 119 Å². The minimum Gasteiger partial charge on any atom is -0.398 e. The van der Waals surface area contributed by atoms with Gasteiger partial charge in [0.05, 0.1) is 5.56 Å². The van der Waals surface area contributed by atoms with Crippen LogP contribution in [0.25, 0.3) is 0 Å². The summed E-state index contributed by atoms with van der Waals surface area (Å²) in [7, 11) is 0. The number of carbonyl (C=O) groups excluding carboxylic acids is 1. The summed E-state index contributed by atoms with van der Waals surface area (Å²) in [5.41, 5.74) is 8.11. The third kappa shape index (κ3) is 3.44. The number of benzene rings is 1. The standard InChI is InChI=1S/C15H22N2OS/c1-10-7-8-12(16)11(9-10)15(18)17-13-5-3-4-6-14(13)19-2/h7-9,13-14H,3-6,16H2,1-2H3,(H,17,18). The third-order valence-corrected chi connectivity index (χ3v) is 4.94. The number of nitrogen functional groups attached to an aromatic ring is 1. The Morgan fingerprint density at radius 3 is 2.84 bits per heavy atom. The van der Waals surface area contributed by atoms with Crippen molar-refractivity contribution in [2.75, 3.05) is 12.0 Å². The van der Waals surface area contributed by atoms with Crippen LogP contribution in [0.1, 0.15) is 41.6 Å². The molecule has 1 aromatic rings. The molecular weight excluding hydrogens is 256 g/mol. The fourth-order valence-corrected chi connectivity index (χ4v) is 3.59. The SMILES string of the molecule is CSC1CCCCC1NC(=O)c1cc(C)ccc1N. The van der Waals surface area contributed by atoms with Gasteiger partial charge in [-0.1, -0.05) is 24.5 Å². The maximum Gasteiger partial charge on any atom is 0.253 e. The fourth-order valence-electron chi connectivity index (χ4n) is 2.66. The summed E-state index contributed by atoms with van der Waals surface area (Å²) in [5, 5.41) is 3.70. The second kappa shape index (κ2) is 6.33. The molecule has 3 nitrogen and oxygen atoms in total. The van der Waals surface area contributed by atoms with Gasteiger partial charge in [-0.15, -0.1) is 0 Å². The maximum atomic E-state index is 12.3. The van der Waals surface area contributed by atoms with E-state index in [9.17, 15) is 4.79 Å². The summed E-state index contributed by atoms with van der Waals surface area (Å²) in [4.78, 5) is 12.3. The van der Waals surface area contributed by atoms with E-state index in [0.29, 0.717) is 16.5 Å². The van der Waals surface area contributed by atoms with Crippen molar-refractivity contribution in [3.05, 3.63) is 29.3 Å². The average Bonchev–Trinajstić information content (AvgIpc) is 2.42. The number of thioether (sulfide) groups is 1. The summed E-state index contributed by atoms with van der Waals surface area (Å²) < 4.78 is 0. The number of carbonyl (C=O) groups is 1. The topological polar surface area (TPSA) is 55.1 Å². The highest BCUT2D eigenvalue weighted by Crippen LogP contribution is 2.27. The molecule has 2 unspecified atom stereocenters. The van der Waals surface area contributed by atoms with E-state index >= 15 is 0 Å². The molecule has 3 N–H and O–H groups in total. The highest BCUT2D eigenvalue weighted by Gasteiger charge is 2.26. The van der Waals surface area contributed by atoms with Gasteiger partial charge in [-0.05, 0) is 38.2 Å². The fraction of sp³-hybridized carbons (Fsp3) is 0.533. The van der Waals surface area contributed by atoms with Gasteiger partial charge in [0.25, 0.3) is 5.91 Å². The molecule has 0 saturated heterocycles. The molecule has 1 aromatic carbocycles. The van der Waals surface area contributed by atoms with E-state index in [0.717, 1.165) is 12.0 Å². The molecule has 0 spiro atoms. The van der Waals surface area contributed by atoms with Crippen LogP contribution >= 0.6 is 11.8 Å². The van der Waals surface area contributed by atoms with Crippen molar-refractivity contribution >= 4 is 23.4 Å². The first-order valence-corrected chi connectivity index (χ1v) is 8.10. The predicted molar refractivity (Wildman–Crippen MR) is 82.6 cm³/mol. The molecule has 0 aliphatic heterocycles. The monoisotopic (exact) mass is 278 g/mol. The maximum absolute atomic E-state index is 12.3. The summed E-state index contributed by atoms with van der Waals surface area (Å²) in [6, 6.07) is 5.87. The van der Waals surface area contributed by atoms with Crippen LogP contribution in [0.5, 0.6) is 0 Å². The second-order valence-electron chi connectivity index (χ2n) is 5.23. The van der Waals surface area contributed by atoms with Gasteiger partial charge in [0.1, 0.15) is 0 Å². The largest absolute Gasteiger partial charge is 0.398 e. The van der Waals surface area contributed by atoms with Crippen molar-refractivity contribution in [1.29, 1.82) is 0 Å². The number of hydrogen-bond donors (Lipinski definition) is 2. The zero-order chi connectivity index (χ0) is 13.8. The van der Waals surface area contributed by atoms with E-state index in [4.69, 9.17) is 5.73 Å². The molecule has 1 aliphatic carbocycles. The van der Waals surface area contributed by atoms with E-state index in [1.165, 1.54) is 19.3 Å². The summed E-state index contributed by atoms with van der Waals surface area (Å²) in [6.07, 6.45) is 6.85. The summed E-state index contributed by atoms with van der Waals surface area (Å²) >= 11 is 1.85. The van der Waals surface area contributed by atoms with Crippen molar-refractivity contribution in [3.8, 4) is 0 Å². The molecule has 2 atom stereocenters. The molecule has 1 fully saturated rings. The van der Waals surface area contributed by atoms with Crippen molar-refractivity contribution in [2.45, 2.75) is 43.9 Å². The number of aryl methyl sites for hydroxylation is 1. The Kier molecular flexibility index (Phi) is 4.75. The lowest BCUT2D eigenvalue weighted by Gasteiger charge is -2.31. The van der Waals surface area contributed by atoms with Crippen molar-refractivity contribution in [3.63, 3.8) is 0 Å². The first-order chi connectivity index (χ1) is 9.11. The van der Waals surface area contributed by atoms with Gasteiger partial charge in [0, 0.05) is 17.0 Å². The van der Waals surface area contributed by atoms with E-state index in [-0.39, 0.29) is 11.9 Å². The zero-order valence-electron chi connectivity index (χ0n) is 11.6. The van der Waals surface area contributed by atoms with E-state index in [1.54, 1.807) is 6.07 Å². The van der Waals surface area contributed by atoms with E-state index in [1.807, 2.05) is 30.8 Å². The number of amides is 1. The lowest BCUT2D eigenvalue weighted by atomic mass is 9.94. The van der Waals surface area contributed by atoms with Gasteiger partial charge in [-0.25, -0.2) is 0 Å². The molecule has 1 aliphatic rings. The van der Waals surface area contributed by atoms with Gasteiger partial charge in [-0.2, -0.15) is 11.8 Å². The van der Waals surface area contributed by atoms with Crippen molar-refractivity contribution in [2.24, 2.45) is 0 Å². The molecular formula is C15H22N2OS. The summed E-state index contributed by atoms with van der Waals surface area (Å²) in [5.74, 6) is -0.0350. The second-order valence-corrected chi connectivity index (χ2v) is 6.31. The van der Waals surface area contributed by atoms with Gasteiger partial charge < -0.3 is 11.1 Å². The number of anilines is 1. The Morgan fingerprint density at radius 2 is 2.11 bits per heavy atom. The molecule has 4 heteroatoms. The molecule has 104 valence electrons. The zero-order valence-corrected chi connectivity index (χ0v) is 12.4. The molecule has 2 rings (SSSR count). The van der Waals surface area contributed by atoms with Crippen LogP contribution in [0.4, 0.5) is 5.69 Å².